The Morgan fingerprint density at radius 3 is 2.67 bits per heavy atom. The van der Waals surface area contributed by atoms with Gasteiger partial charge >= 0.3 is 0 Å². The predicted octanol–water partition coefficient (Wildman–Crippen LogP) is 4.19. The lowest BCUT2D eigenvalue weighted by atomic mass is 9.64. The molecule has 0 aromatic carbocycles. The van der Waals surface area contributed by atoms with E-state index in [1.165, 1.54) is 29.9 Å². The number of amides is 4. The van der Waals surface area contributed by atoms with Crippen LogP contribution in [0.15, 0.2) is 33.6 Å². The number of Topliss-reactive ketones (excluding diaryl/α,β-unsaturated/α-hetero) is 1. The van der Waals surface area contributed by atoms with Crippen molar-refractivity contribution in [3.8, 4) is 0 Å². The van der Waals surface area contributed by atoms with Crippen molar-refractivity contribution in [2.45, 2.75) is 96.4 Å². The van der Waals surface area contributed by atoms with Crippen LogP contribution in [0.1, 0.15) is 91.4 Å². The molecule has 2 saturated carbocycles. The van der Waals surface area contributed by atoms with Crippen LogP contribution < -0.4 is 26.8 Å². The molecule has 0 radical (unpaired) electrons. The summed E-state index contributed by atoms with van der Waals surface area (Å²) in [5.41, 5.74) is 0.756. The molecule has 2 aromatic rings. The predicted molar refractivity (Wildman–Crippen MR) is 184 cm³/mol. The number of rotatable bonds is 12. The van der Waals surface area contributed by atoms with E-state index in [0.29, 0.717) is 36.5 Å². The second kappa shape index (κ2) is 15.1. The van der Waals surface area contributed by atoms with Gasteiger partial charge in [0.25, 0.3) is 17.4 Å². The Bertz CT molecular complexity index is 1680. The summed E-state index contributed by atoms with van der Waals surface area (Å²) < 4.78 is 21.3. The summed E-state index contributed by atoms with van der Waals surface area (Å²) >= 11 is 0. The van der Waals surface area contributed by atoms with E-state index in [1.54, 1.807) is 13.0 Å². The zero-order chi connectivity index (χ0) is 34.5. The first-order chi connectivity index (χ1) is 23.0. The summed E-state index contributed by atoms with van der Waals surface area (Å²) in [7, 11) is 1.31. The standard InChI is InChI=1S/C35H44FN5O7.4H2/c1-4-21-14-20-15-22(17-23(36)16-20)30(21)40-29(43)18-41-13-7-9-26(35(41)47)39-32(44)25(11-12-27(42)33(45)37-3)38-34(46)31-19(2)24-8-5-6-10-28(24)48-31;;;;/h6-7,9-10,13,20-23,25,30H,4-5,8,11-12,14-18H2,1-3H3,(H,37,45)(H,38,46)(H,39,44)(H,40,43);4*1H/t20?,21?,22?,23?,25-,30?;;;;/m0..../s1. The van der Waals surface area contributed by atoms with Crippen LogP contribution in [0.3, 0.4) is 0 Å². The summed E-state index contributed by atoms with van der Waals surface area (Å²) in [5, 5.41) is 10.4. The molecule has 0 saturated heterocycles. The molecule has 2 aromatic heterocycles. The fraction of sp³-hybridized carbons (Fsp3) is 0.543. The van der Waals surface area contributed by atoms with Crippen LogP contribution in [0.2, 0.25) is 0 Å². The van der Waals surface area contributed by atoms with Crippen LogP contribution in [-0.4, -0.2) is 59.3 Å². The number of likely N-dealkylation sites (N-methyl/N-ethyl adjacent to an activating group) is 1. The summed E-state index contributed by atoms with van der Waals surface area (Å²) in [6.45, 7) is 3.52. The van der Waals surface area contributed by atoms with Crippen LogP contribution in [0.5, 0.6) is 0 Å². The molecular weight excluding hydrogens is 621 g/mol. The van der Waals surface area contributed by atoms with Gasteiger partial charge in [0, 0.05) is 42.5 Å². The van der Waals surface area contributed by atoms with Gasteiger partial charge < -0.3 is 30.3 Å². The molecule has 48 heavy (non-hydrogen) atoms. The van der Waals surface area contributed by atoms with Gasteiger partial charge in [0.2, 0.25) is 17.6 Å². The fourth-order valence-electron chi connectivity index (χ4n) is 7.54. The Morgan fingerprint density at radius 2 is 1.94 bits per heavy atom. The Hall–Kier alpha value is -4.55. The zero-order valence-electron chi connectivity index (χ0n) is 27.6. The van der Waals surface area contributed by atoms with Gasteiger partial charge in [-0.25, -0.2) is 4.39 Å². The van der Waals surface area contributed by atoms with Gasteiger partial charge in [-0.1, -0.05) is 19.4 Å². The Morgan fingerprint density at radius 1 is 1.15 bits per heavy atom. The summed E-state index contributed by atoms with van der Waals surface area (Å²) in [5.74, 6) is -2.24. The third-order valence-corrected chi connectivity index (χ3v) is 9.98. The lowest BCUT2D eigenvalue weighted by Gasteiger charge is -2.46. The van der Waals surface area contributed by atoms with Gasteiger partial charge in [0.1, 0.15) is 30.2 Å². The molecule has 266 valence electrons. The first-order valence-electron chi connectivity index (χ1n) is 16.8. The highest BCUT2D eigenvalue weighted by atomic mass is 19.1. The van der Waals surface area contributed by atoms with Crippen molar-refractivity contribution in [2.75, 3.05) is 12.4 Å². The molecule has 2 bridgehead atoms. The van der Waals surface area contributed by atoms with Crippen LogP contribution in [0.25, 0.3) is 6.08 Å². The van der Waals surface area contributed by atoms with Crippen molar-refractivity contribution in [2.24, 2.45) is 17.8 Å². The van der Waals surface area contributed by atoms with Gasteiger partial charge in [0.05, 0.1) is 0 Å². The number of alkyl halides is 1. The van der Waals surface area contributed by atoms with Crippen LogP contribution >= 0.6 is 0 Å². The number of hydrogen-bond acceptors (Lipinski definition) is 7. The average Bonchev–Trinajstić information content (AvgIpc) is 3.41. The fourth-order valence-corrected chi connectivity index (χ4v) is 7.54. The number of carbonyl (C=O) groups excluding carboxylic acids is 5. The number of pyridine rings is 1. The topological polar surface area (TPSA) is 169 Å². The van der Waals surface area contributed by atoms with E-state index in [0.717, 1.165) is 31.2 Å². The molecule has 4 amide bonds. The zero-order valence-corrected chi connectivity index (χ0v) is 27.6. The van der Waals surface area contributed by atoms with Crippen molar-refractivity contribution in [3.05, 3.63) is 57.4 Å². The molecule has 4 N–H and O–H groups in total. The number of ketones is 1. The Balaban J connectivity index is 0.00000338. The molecule has 13 heteroatoms. The first-order valence-corrected chi connectivity index (χ1v) is 16.8. The third kappa shape index (κ3) is 7.77. The molecule has 2 fully saturated rings. The molecular formula is C35H52FN5O7. The monoisotopic (exact) mass is 673 g/mol. The van der Waals surface area contributed by atoms with Crippen molar-refractivity contribution in [1.29, 1.82) is 0 Å². The number of halogens is 1. The minimum absolute atomic E-state index is 0. The van der Waals surface area contributed by atoms with E-state index in [1.807, 2.05) is 6.08 Å². The summed E-state index contributed by atoms with van der Waals surface area (Å²) in [6.07, 6.45) is 8.84. The van der Waals surface area contributed by atoms with E-state index in [4.69, 9.17) is 4.42 Å². The van der Waals surface area contributed by atoms with Gasteiger partial charge in [0.15, 0.2) is 5.76 Å². The van der Waals surface area contributed by atoms with E-state index < -0.39 is 41.3 Å². The van der Waals surface area contributed by atoms with E-state index in [2.05, 4.69) is 28.2 Å². The maximum absolute atomic E-state index is 14.4. The summed E-state index contributed by atoms with van der Waals surface area (Å²) in [6, 6.07) is 1.40. The number of hydrogen-bond donors (Lipinski definition) is 4. The second-order valence-electron chi connectivity index (χ2n) is 13.2. The highest BCUT2D eigenvalue weighted by Crippen LogP contribution is 2.44. The highest BCUT2D eigenvalue weighted by Gasteiger charge is 2.42. The van der Waals surface area contributed by atoms with Crippen molar-refractivity contribution < 1.29 is 38.5 Å². The number of carbonyl (C=O) groups is 5. The molecule has 3 aliphatic rings. The van der Waals surface area contributed by atoms with E-state index in [9.17, 15) is 33.2 Å². The van der Waals surface area contributed by atoms with Crippen molar-refractivity contribution in [3.63, 3.8) is 0 Å². The maximum atomic E-state index is 14.4. The number of anilines is 1. The number of fused-ring (bicyclic) bond motifs is 3. The molecule has 0 aliphatic heterocycles. The van der Waals surface area contributed by atoms with Crippen molar-refractivity contribution >= 4 is 41.2 Å². The minimum atomic E-state index is -1.31. The Labute approximate surface area is 284 Å². The lowest BCUT2D eigenvalue weighted by molar-refractivity contribution is -0.137. The first kappa shape index (κ1) is 34.8. The minimum Gasteiger partial charge on any atom is -0.451 e. The number of nitrogens with one attached hydrogen (secondary N) is 4. The average molecular weight is 674 g/mol. The van der Waals surface area contributed by atoms with Crippen LogP contribution in [0, 0.1) is 24.7 Å². The number of allylic oxidation sites excluding steroid dienone is 1. The Kier molecular flexibility index (Phi) is 11.0. The van der Waals surface area contributed by atoms with Gasteiger partial charge in [-0.3, -0.25) is 28.8 Å². The number of nitrogens with zero attached hydrogens (tertiary/aromatic N) is 1. The molecule has 5 unspecified atom stereocenters. The largest absolute Gasteiger partial charge is 0.451 e. The van der Waals surface area contributed by atoms with E-state index in [-0.39, 0.29) is 60.3 Å². The molecule has 6 atom stereocenters. The quantitative estimate of drug-likeness (QED) is 0.245. The lowest BCUT2D eigenvalue weighted by Crippen LogP contribution is -2.52. The highest BCUT2D eigenvalue weighted by molar-refractivity contribution is 6.36. The normalized spacial score (nSPS) is 23.4. The number of aromatic nitrogens is 1. The van der Waals surface area contributed by atoms with Gasteiger partial charge in [-0.15, -0.1) is 0 Å². The van der Waals surface area contributed by atoms with E-state index >= 15 is 0 Å². The SMILES string of the molecule is CCC1CC2CC(F)CC(C2)C1NC(=O)Cn1cccc(NC(=O)[C@H](CCC(=O)C(=O)NC)NC(=O)c2oc3c(c2C)CCC=C3)c1=O.[HH].[HH].[HH].[HH]. The van der Waals surface area contributed by atoms with Crippen LogP contribution in [0.4, 0.5) is 10.1 Å². The van der Waals surface area contributed by atoms with Gasteiger partial charge in [-0.2, -0.15) is 0 Å². The molecule has 2 heterocycles. The smallest absolute Gasteiger partial charge is 0.287 e. The van der Waals surface area contributed by atoms with Crippen LogP contribution in [-0.2, 0) is 32.1 Å². The molecule has 5 rings (SSSR count). The number of furan rings is 1. The third-order valence-electron chi connectivity index (χ3n) is 9.98. The second-order valence-corrected chi connectivity index (χ2v) is 13.2. The molecule has 12 nitrogen and oxygen atoms in total. The molecule has 0 spiro atoms. The maximum Gasteiger partial charge on any atom is 0.287 e. The summed E-state index contributed by atoms with van der Waals surface area (Å²) in [4.78, 5) is 77.5. The molecule has 3 aliphatic carbocycles. The van der Waals surface area contributed by atoms with Gasteiger partial charge in [-0.05, 0) is 87.8 Å². The van der Waals surface area contributed by atoms with Crippen molar-refractivity contribution in [1.82, 2.24) is 20.5 Å².